The maximum Gasteiger partial charge on any atom is 0.0294 e. The number of benzene rings is 1. The molecule has 0 amide bonds. The van der Waals surface area contributed by atoms with Crippen LogP contribution in [0.3, 0.4) is 0 Å². The van der Waals surface area contributed by atoms with E-state index in [9.17, 15) is 0 Å². The van der Waals surface area contributed by atoms with Crippen molar-refractivity contribution in [1.29, 1.82) is 0 Å². The highest BCUT2D eigenvalue weighted by Crippen LogP contribution is 2.23. The predicted molar refractivity (Wildman–Crippen MR) is 91.6 cm³/mol. The van der Waals surface area contributed by atoms with Gasteiger partial charge in [-0.2, -0.15) is 11.8 Å². The van der Waals surface area contributed by atoms with Crippen LogP contribution in [-0.2, 0) is 0 Å². The first-order chi connectivity index (χ1) is 10.3. The summed E-state index contributed by atoms with van der Waals surface area (Å²) in [5, 5.41) is 3.77. The molecule has 1 aliphatic rings. The molecule has 2 nitrogen and oxygen atoms in total. The van der Waals surface area contributed by atoms with Crippen LogP contribution in [0, 0.1) is 0 Å². The zero-order chi connectivity index (χ0) is 14.5. The number of nitrogens with one attached hydrogen (secondary N) is 1. The molecule has 1 aromatic heterocycles. The second-order valence-electron chi connectivity index (χ2n) is 5.63. The molecule has 0 unspecified atom stereocenters. The van der Waals surface area contributed by atoms with E-state index in [1.807, 2.05) is 12.4 Å². The van der Waals surface area contributed by atoms with Crippen molar-refractivity contribution in [3.8, 4) is 11.1 Å². The summed E-state index contributed by atoms with van der Waals surface area (Å²) < 4.78 is 0. The van der Waals surface area contributed by atoms with Crippen LogP contribution in [0.5, 0.6) is 0 Å². The Morgan fingerprint density at radius 1 is 1.00 bits per heavy atom. The molecule has 0 aliphatic carbocycles. The molecule has 0 saturated carbocycles. The van der Waals surface area contributed by atoms with Gasteiger partial charge in [-0.25, -0.2) is 0 Å². The van der Waals surface area contributed by atoms with Gasteiger partial charge in [-0.15, -0.1) is 0 Å². The number of rotatable bonds is 4. The van der Waals surface area contributed by atoms with Crippen LogP contribution in [0.2, 0.25) is 0 Å². The van der Waals surface area contributed by atoms with Gasteiger partial charge in [0.05, 0.1) is 0 Å². The Morgan fingerprint density at radius 3 is 2.29 bits per heavy atom. The lowest BCUT2D eigenvalue weighted by Gasteiger charge is -2.26. The zero-order valence-electron chi connectivity index (χ0n) is 12.5. The van der Waals surface area contributed by atoms with Crippen LogP contribution < -0.4 is 5.32 Å². The second-order valence-corrected chi connectivity index (χ2v) is 6.86. The summed E-state index contributed by atoms with van der Waals surface area (Å²) in [6, 6.07) is 14.1. The normalized spacial score (nSPS) is 17.6. The minimum Gasteiger partial charge on any atom is -0.307 e. The molecule has 2 heterocycles. The monoisotopic (exact) mass is 298 g/mol. The predicted octanol–water partition coefficient (Wildman–Crippen LogP) is 4.29. The van der Waals surface area contributed by atoms with Crippen molar-refractivity contribution in [2.24, 2.45) is 0 Å². The van der Waals surface area contributed by atoms with Crippen molar-refractivity contribution in [3.05, 3.63) is 54.4 Å². The van der Waals surface area contributed by atoms with E-state index in [1.54, 1.807) is 0 Å². The van der Waals surface area contributed by atoms with E-state index in [1.165, 1.54) is 41.0 Å². The SMILES string of the molecule is C[C@H](NC1CCSCC1)c1ccc(-c2ccncc2)cc1. The Balaban J connectivity index is 1.66. The second kappa shape index (κ2) is 7.10. The third kappa shape index (κ3) is 3.86. The van der Waals surface area contributed by atoms with Gasteiger partial charge in [0.25, 0.3) is 0 Å². The van der Waals surface area contributed by atoms with Gasteiger partial charge in [0.2, 0.25) is 0 Å². The number of hydrogen-bond donors (Lipinski definition) is 1. The van der Waals surface area contributed by atoms with Crippen molar-refractivity contribution in [1.82, 2.24) is 10.3 Å². The van der Waals surface area contributed by atoms with Crippen LogP contribution >= 0.6 is 11.8 Å². The molecule has 1 aliphatic heterocycles. The summed E-state index contributed by atoms with van der Waals surface area (Å²) >= 11 is 2.08. The number of aromatic nitrogens is 1. The highest BCUT2D eigenvalue weighted by atomic mass is 32.2. The average molecular weight is 298 g/mol. The van der Waals surface area contributed by atoms with Gasteiger partial charge < -0.3 is 5.32 Å². The molecule has 3 heteroatoms. The molecular formula is C18H22N2S. The fourth-order valence-electron chi connectivity index (χ4n) is 2.82. The molecule has 0 spiro atoms. The van der Waals surface area contributed by atoms with E-state index in [0.29, 0.717) is 12.1 Å². The first kappa shape index (κ1) is 14.6. The topological polar surface area (TPSA) is 24.9 Å². The molecule has 0 bridgehead atoms. The van der Waals surface area contributed by atoms with Gasteiger partial charge in [0.1, 0.15) is 0 Å². The molecular weight excluding hydrogens is 276 g/mol. The lowest BCUT2D eigenvalue weighted by molar-refractivity contribution is 0.431. The maximum absolute atomic E-state index is 4.07. The van der Waals surface area contributed by atoms with E-state index >= 15 is 0 Å². The van der Waals surface area contributed by atoms with Crippen LogP contribution in [0.1, 0.15) is 31.4 Å². The lowest BCUT2D eigenvalue weighted by Crippen LogP contribution is -2.34. The van der Waals surface area contributed by atoms with Crippen LogP contribution in [-0.4, -0.2) is 22.5 Å². The Kier molecular flexibility index (Phi) is 4.94. The Labute approximate surface area is 131 Å². The fraction of sp³-hybridized carbons (Fsp3) is 0.389. The summed E-state index contributed by atoms with van der Waals surface area (Å²) in [7, 11) is 0. The van der Waals surface area contributed by atoms with Gasteiger partial charge >= 0.3 is 0 Å². The van der Waals surface area contributed by atoms with Crippen molar-refractivity contribution in [2.75, 3.05) is 11.5 Å². The molecule has 1 fully saturated rings. The molecule has 2 aromatic rings. The number of nitrogens with zero attached hydrogens (tertiary/aromatic N) is 1. The number of hydrogen-bond acceptors (Lipinski definition) is 3. The number of pyridine rings is 1. The first-order valence-electron chi connectivity index (χ1n) is 7.67. The maximum atomic E-state index is 4.07. The van der Waals surface area contributed by atoms with E-state index in [4.69, 9.17) is 0 Å². The molecule has 1 aromatic carbocycles. The third-order valence-corrected chi connectivity index (χ3v) is 5.18. The summed E-state index contributed by atoms with van der Waals surface area (Å²) in [5.41, 5.74) is 3.84. The van der Waals surface area contributed by atoms with Gasteiger partial charge in [-0.3, -0.25) is 4.98 Å². The molecule has 21 heavy (non-hydrogen) atoms. The van der Waals surface area contributed by atoms with E-state index in [2.05, 4.69) is 65.4 Å². The van der Waals surface area contributed by atoms with Crippen molar-refractivity contribution >= 4 is 11.8 Å². The van der Waals surface area contributed by atoms with Gasteiger partial charge in [0.15, 0.2) is 0 Å². The minimum absolute atomic E-state index is 0.421. The Bertz CT molecular complexity index is 547. The molecule has 0 radical (unpaired) electrons. The fourth-order valence-corrected chi connectivity index (χ4v) is 3.93. The van der Waals surface area contributed by atoms with E-state index in [0.717, 1.165) is 0 Å². The van der Waals surface area contributed by atoms with Gasteiger partial charge in [0, 0.05) is 24.5 Å². The standard InChI is InChI=1S/C18H22N2S/c1-14(20-18-8-12-21-13-9-18)15-2-4-16(5-3-15)17-6-10-19-11-7-17/h2-7,10-11,14,18,20H,8-9,12-13H2,1H3/t14-/m0/s1. The minimum atomic E-state index is 0.421. The van der Waals surface area contributed by atoms with Crippen LogP contribution in [0.4, 0.5) is 0 Å². The summed E-state index contributed by atoms with van der Waals surface area (Å²) in [4.78, 5) is 4.07. The highest BCUT2D eigenvalue weighted by molar-refractivity contribution is 7.99. The molecule has 1 saturated heterocycles. The van der Waals surface area contributed by atoms with Gasteiger partial charge in [-0.05, 0) is 60.1 Å². The number of thioether (sulfide) groups is 1. The zero-order valence-corrected chi connectivity index (χ0v) is 13.3. The molecule has 1 N–H and O–H groups in total. The Morgan fingerprint density at radius 2 is 1.62 bits per heavy atom. The van der Waals surface area contributed by atoms with Crippen LogP contribution in [0.25, 0.3) is 11.1 Å². The quantitative estimate of drug-likeness (QED) is 0.911. The van der Waals surface area contributed by atoms with Crippen molar-refractivity contribution in [3.63, 3.8) is 0 Å². The molecule has 110 valence electrons. The highest BCUT2D eigenvalue weighted by Gasteiger charge is 2.16. The van der Waals surface area contributed by atoms with Crippen LogP contribution in [0.15, 0.2) is 48.8 Å². The summed E-state index contributed by atoms with van der Waals surface area (Å²) in [6.45, 7) is 2.27. The van der Waals surface area contributed by atoms with E-state index < -0.39 is 0 Å². The first-order valence-corrected chi connectivity index (χ1v) is 8.82. The van der Waals surface area contributed by atoms with Crippen molar-refractivity contribution in [2.45, 2.75) is 31.8 Å². The summed E-state index contributed by atoms with van der Waals surface area (Å²) in [6.07, 6.45) is 6.28. The smallest absolute Gasteiger partial charge is 0.0294 e. The average Bonchev–Trinajstić information content (AvgIpc) is 2.57. The lowest BCUT2D eigenvalue weighted by atomic mass is 10.0. The largest absolute Gasteiger partial charge is 0.307 e. The summed E-state index contributed by atoms with van der Waals surface area (Å²) in [5.74, 6) is 2.59. The van der Waals surface area contributed by atoms with Gasteiger partial charge in [-0.1, -0.05) is 24.3 Å². The van der Waals surface area contributed by atoms with Crippen molar-refractivity contribution < 1.29 is 0 Å². The Hall–Kier alpha value is -1.32. The van der Waals surface area contributed by atoms with E-state index in [-0.39, 0.29) is 0 Å². The third-order valence-electron chi connectivity index (χ3n) is 4.13. The molecule has 1 atom stereocenters. The molecule has 3 rings (SSSR count).